The number of unbranched alkanes of at least 4 members (excludes halogenated alkanes) is 1. The fraction of sp³-hybridized carbons (Fsp3) is 0.615. The molecule has 1 nitrogen and oxygen atoms in total. The van der Waals surface area contributed by atoms with Crippen LogP contribution < -0.4 is 0 Å². The second-order valence-corrected chi connectivity index (χ2v) is 4.12. The summed E-state index contributed by atoms with van der Waals surface area (Å²) in [5, 5.41) is 0. The lowest BCUT2D eigenvalue weighted by atomic mass is 9.91. The van der Waals surface area contributed by atoms with Gasteiger partial charge in [-0.15, -0.1) is 0 Å². The van der Waals surface area contributed by atoms with Crippen LogP contribution >= 0.6 is 0 Å². The maximum absolute atomic E-state index is 10.5. The summed E-state index contributed by atoms with van der Waals surface area (Å²) in [5.41, 5.74) is -0.324. The molecular weight excluding hydrogens is 172 g/mol. The average molecular weight is 193 g/mol. The van der Waals surface area contributed by atoms with Crippen LogP contribution in [0.5, 0.6) is 0 Å². The number of hydrogen-bond acceptors (Lipinski definition) is 1. The molecule has 1 heteroatoms. The van der Waals surface area contributed by atoms with Crippen LogP contribution in [0.4, 0.5) is 0 Å². The molecule has 0 aromatic carbocycles. The Morgan fingerprint density at radius 2 is 1.64 bits per heavy atom. The highest BCUT2D eigenvalue weighted by molar-refractivity contribution is 5.59. The molecule has 0 aliphatic rings. The van der Waals surface area contributed by atoms with Gasteiger partial charge in [0.05, 0.1) is 0 Å². The third-order valence-electron chi connectivity index (χ3n) is 1.97. The number of rotatable bonds is 7. The fourth-order valence-electron chi connectivity index (χ4n) is 1.01. The Kier molecular flexibility index (Phi) is 7.09. The van der Waals surface area contributed by atoms with Crippen molar-refractivity contribution >= 4 is 6.29 Å². The smallest absolute Gasteiger partial charge is 0.204 e. The van der Waals surface area contributed by atoms with Gasteiger partial charge in [0.1, 0.15) is 0 Å². The molecule has 0 aliphatic heterocycles. The molecule has 0 saturated carbocycles. The van der Waals surface area contributed by atoms with Crippen LogP contribution in [0.1, 0.15) is 46.5 Å². The molecule has 0 amide bonds. The van der Waals surface area contributed by atoms with Gasteiger partial charge in [0.2, 0.25) is 6.29 Å². The normalized spacial score (nSPS) is 12.8. The Hall–Kier alpha value is -0.850. The summed E-state index contributed by atoms with van der Waals surface area (Å²) in [6.07, 6.45) is 14.7. The van der Waals surface area contributed by atoms with Crippen molar-refractivity contribution in [3.8, 4) is 0 Å². The third-order valence-corrected chi connectivity index (χ3v) is 1.97. The van der Waals surface area contributed by atoms with E-state index in [9.17, 15) is 4.79 Å². The van der Waals surface area contributed by atoms with Crippen molar-refractivity contribution in [3.63, 3.8) is 0 Å². The molecule has 0 heterocycles. The monoisotopic (exact) mass is 193 g/mol. The summed E-state index contributed by atoms with van der Waals surface area (Å²) >= 11 is 0. The molecule has 0 atom stereocenters. The number of hydrogen-bond donors (Lipinski definition) is 0. The van der Waals surface area contributed by atoms with Gasteiger partial charge in [0, 0.05) is 5.41 Å². The van der Waals surface area contributed by atoms with Gasteiger partial charge in [-0.05, 0) is 25.7 Å². The van der Waals surface area contributed by atoms with Gasteiger partial charge in [0.15, 0.2) is 0 Å². The predicted octanol–water partition coefficient (Wildman–Crippen LogP) is 3.82. The van der Waals surface area contributed by atoms with Crippen LogP contribution in [0.15, 0.2) is 24.3 Å². The lowest BCUT2D eigenvalue weighted by molar-refractivity contribution is 0.454. The van der Waals surface area contributed by atoms with Crippen molar-refractivity contribution in [2.45, 2.75) is 46.5 Å². The third kappa shape index (κ3) is 7.78. The molecule has 0 spiro atoms. The van der Waals surface area contributed by atoms with Crippen molar-refractivity contribution in [2.24, 2.45) is 5.41 Å². The van der Waals surface area contributed by atoms with E-state index in [-0.39, 0.29) is 5.41 Å². The van der Waals surface area contributed by atoms with E-state index in [4.69, 9.17) is 0 Å². The molecule has 0 aromatic rings. The minimum atomic E-state index is -0.324. The van der Waals surface area contributed by atoms with Gasteiger partial charge in [-0.1, -0.05) is 45.1 Å². The average Bonchev–Trinajstić information content (AvgIpc) is 2.16. The van der Waals surface area contributed by atoms with E-state index in [0.29, 0.717) is 0 Å². The predicted molar refractivity (Wildman–Crippen MR) is 61.9 cm³/mol. The summed E-state index contributed by atoms with van der Waals surface area (Å²) < 4.78 is 0. The number of allylic oxidation sites excluding steroid dienone is 4. The van der Waals surface area contributed by atoms with Gasteiger partial charge in [-0.3, -0.25) is 4.79 Å². The van der Waals surface area contributed by atoms with Crippen LogP contribution in [0.25, 0.3) is 0 Å². The standard InChI is InChI=1S/C13H21O/c1-4-5-6-7-8-9-10-11-13(2,3)12-14/h5-6,9-10H,4,7-8,11H2,1-3H3. The Morgan fingerprint density at radius 1 is 1.07 bits per heavy atom. The Labute approximate surface area is 87.9 Å². The highest BCUT2D eigenvalue weighted by Crippen LogP contribution is 2.17. The molecule has 0 unspecified atom stereocenters. The van der Waals surface area contributed by atoms with E-state index in [0.717, 1.165) is 25.7 Å². The van der Waals surface area contributed by atoms with Gasteiger partial charge >= 0.3 is 0 Å². The maximum Gasteiger partial charge on any atom is 0.204 e. The molecule has 0 bridgehead atoms. The quantitative estimate of drug-likeness (QED) is 0.444. The van der Waals surface area contributed by atoms with Gasteiger partial charge in [0.25, 0.3) is 0 Å². The van der Waals surface area contributed by atoms with E-state index in [1.165, 1.54) is 0 Å². The number of carbonyl (C=O) groups excluding carboxylic acids is 1. The van der Waals surface area contributed by atoms with Crippen LogP contribution in [-0.2, 0) is 4.79 Å². The molecule has 0 fully saturated rings. The first-order valence-electron chi connectivity index (χ1n) is 5.31. The second-order valence-electron chi connectivity index (χ2n) is 4.12. The maximum atomic E-state index is 10.5. The van der Waals surface area contributed by atoms with Crippen LogP contribution in [0.3, 0.4) is 0 Å². The van der Waals surface area contributed by atoms with Gasteiger partial charge < -0.3 is 0 Å². The highest BCUT2D eigenvalue weighted by atomic mass is 16.1. The second kappa shape index (κ2) is 7.54. The molecule has 0 aliphatic carbocycles. The largest absolute Gasteiger partial charge is 0.290 e. The van der Waals surface area contributed by atoms with Crippen molar-refractivity contribution in [1.82, 2.24) is 0 Å². The lowest BCUT2D eigenvalue weighted by Crippen LogP contribution is -2.10. The summed E-state index contributed by atoms with van der Waals surface area (Å²) in [6, 6.07) is 0. The highest BCUT2D eigenvalue weighted by Gasteiger charge is 2.14. The fourth-order valence-corrected chi connectivity index (χ4v) is 1.01. The minimum absolute atomic E-state index is 0.324. The van der Waals surface area contributed by atoms with E-state index < -0.39 is 0 Å². The van der Waals surface area contributed by atoms with Crippen LogP contribution in [0.2, 0.25) is 0 Å². The molecule has 0 aromatic heterocycles. The Balaban J connectivity index is 3.54. The lowest BCUT2D eigenvalue weighted by Gasteiger charge is -2.11. The van der Waals surface area contributed by atoms with E-state index in [2.05, 4.69) is 31.2 Å². The zero-order valence-electron chi connectivity index (χ0n) is 9.55. The molecule has 0 N–H and O–H groups in total. The zero-order valence-corrected chi connectivity index (χ0v) is 9.55. The Bertz CT molecular complexity index is 199. The first-order valence-corrected chi connectivity index (χ1v) is 5.31. The summed E-state index contributed by atoms with van der Waals surface area (Å²) in [4.78, 5) is 10.5. The zero-order chi connectivity index (χ0) is 10.9. The summed E-state index contributed by atoms with van der Waals surface area (Å²) in [7, 11) is 0. The molecule has 79 valence electrons. The molecule has 14 heavy (non-hydrogen) atoms. The van der Waals surface area contributed by atoms with Crippen molar-refractivity contribution in [3.05, 3.63) is 24.3 Å². The van der Waals surface area contributed by atoms with Crippen molar-refractivity contribution in [2.75, 3.05) is 0 Å². The van der Waals surface area contributed by atoms with Crippen molar-refractivity contribution in [1.29, 1.82) is 0 Å². The molecular formula is C13H21O. The summed E-state index contributed by atoms with van der Waals surface area (Å²) in [6.45, 7) is 5.94. The van der Waals surface area contributed by atoms with Crippen LogP contribution in [0, 0.1) is 5.41 Å². The van der Waals surface area contributed by atoms with E-state index >= 15 is 0 Å². The first-order chi connectivity index (χ1) is 6.62. The van der Waals surface area contributed by atoms with Gasteiger partial charge in [-0.2, -0.15) is 0 Å². The Morgan fingerprint density at radius 3 is 2.14 bits per heavy atom. The van der Waals surface area contributed by atoms with Crippen molar-refractivity contribution < 1.29 is 4.79 Å². The summed E-state index contributed by atoms with van der Waals surface area (Å²) in [5.74, 6) is 0. The SMILES string of the molecule is CCC=CCCC=CCC(C)(C)[C]=O. The van der Waals surface area contributed by atoms with Crippen LogP contribution in [-0.4, -0.2) is 6.29 Å². The van der Waals surface area contributed by atoms with E-state index in [1.54, 1.807) is 0 Å². The topological polar surface area (TPSA) is 17.1 Å². The molecule has 0 saturated heterocycles. The molecule has 0 rings (SSSR count). The van der Waals surface area contributed by atoms with E-state index in [1.807, 2.05) is 20.1 Å². The molecule has 1 radical (unpaired) electrons. The minimum Gasteiger partial charge on any atom is -0.290 e. The first kappa shape index (κ1) is 13.2. The van der Waals surface area contributed by atoms with Gasteiger partial charge in [-0.25, -0.2) is 0 Å².